The Labute approximate surface area is 230 Å². The predicted molar refractivity (Wildman–Crippen MR) is 154 cm³/mol. The van der Waals surface area contributed by atoms with E-state index in [1.807, 2.05) is 63.5 Å². The number of nitrogens with one attached hydrogen (secondary N) is 3. The zero-order valence-electron chi connectivity index (χ0n) is 23.2. The Kier molecular flexibility index (Phi) is 9.27. The standard InChI is InChI=1S/C30H39N5O4/c1-20-6-7-25(35-11-9-31-10-12-35)18-27(20)29(37)33-21(2)22-14-23(16-26(15-22)39-4)24-17-28(34(3)19-24)30(38)32-8-5-13-36/h6-7,14-19,21,31,36H,5,8-13H2,1-4H3,(H,32,38)(H,33,37). The van der Waals surface area contributed by atoms with E-state index in [2.05, 4.69) is 26.9 Å². The highest BCUT2D eigenvalue weighted by Crippen LogP contribution is 2.30. The number of aromatic nitrogens is 1. The lowest BCUT2D eigenvalue weighted by atomic mass is 10.00. The Hall–Kier alpha value is -3.82. The molecule has 4 rings (SSSR count). The van der Waals surface area contributed by atoms with Gasteiger partial charge in [-0.25, -0.2) is 0 Å². The Morgan fingerprint density at radius 1 is 1.08 bits per heavy atom. The summed E-state index contributed by atoms with van der Waals surface area (Å²) in [5, 5.41) is 18.3. The molecule has 9 nitrogen and oxygen atoms in total. The van der Waals surface area contributed by atoms with Crippen LogP contribution < -0.4 is 25.6 Å². The minimum atomic E-state index is -0.279. The molecule has 1 aromatic heterocycles. The van der Waals surface area contributed by atoms with E-state index < -0.39 is 0 Å². The lowest BCUT2D eigenvalue weighted by molar-refractivity contribution is 0.0932. The fourth-order valence-corrected chi connectivity index (χ4v) is 4.81. The van der Waals surface area contributed by atoms with E-state index in [0.29, 0.717) is 30.0 Å². The number of amides is 2. The first-order valence-electron chi connectivity index (χ1n) is 13.4. The van der Waals surface area contributed by atoms with Gasteiger partial charge < -0.3 is 35.3 Å². The van der Waals surface area contributed by atoms with Crippen LogP contribution in [-0.4, -0.2) is 67.9 Å². The molecule has 4 N–H and O–H groups in total. The number of aryl methyl sites for hydroxylation is 2. The van der Waals surface area contributed by atoms with Gasteiger partial charge in [0.25, 0.3) is 11.8 Å². The molecule has 39 heavy (non-hydrogen) atoms. The summed E-state index contributed by atoms with van der Waals surface area (Å²) in [6, 6.07) is 13.5. The Morgan fingerprint density at radius 3 is 2.56 bits per heavy atom. The van der Waals surface area contributed by atoms with E-state index in [4.69, 9.17) is 9.84 Å². The summed E-state index contributed by atoms with van der Waals surface area (Å²) in [5.74, 6) is 0.348. The van der Waals surface area contributed by atoms with E-state index in [1.165, 1.54) is 0 Å². The van der Waals surface area contributed by atoms with E-state index in [1.54, 1.807) is 11.7 Å². The molecule has 9 heteroatoms. The monoisotopic (exact) mass is 533 g/mol. The number of piperazine rings is 1. The quantitative estimate of drug-likeness (QED) is 0.299. The number of methoxy groups -OCH3 is 1. The van der Waals surface area contributed by atoms with Crippen LogP contribution in [0.15, 0.2) is 48.7 Å². The van der Waals surface area contributed by atoms with Crippen molar-refractivity contribution in [3.8, 4) is 16.9 Å². The molecule has 1 unspecified atom stereocenters. The summed E-state index contributed by atoms with van der Waals surface area (Å²) >= 11 is 0. The number of aliphatic hydroxyl groups is 1. The number of hydrogen-bond donors (Lipinski definition) is 4. The van der Waals surface area contributed by atoms with Crippen molar-refractivity contribution in [1.82, 2.24) is 20.5 Å². The molecule has 2 heterocycles. The summed E-state index contributed by atoms with van der Waals surface area (Å²) in [6.07, 6.45) is 2.40. The zero-order valence-corrected chi connectivity index (χ0v) is 23.2. The first kappa shape index (κ1) is 28.2. The summed E-state index contributed by atoms with van der Waals surface area (Å²) in [7, 11) is 3.44. The van der Waals surface area contributed by atoms with Crippen molar-refractivity contribution in [3.63, 3.8) is 0 Å². The van der Waals surface area contributed by atoms with Crippen molar-refractivity contribution < 1.29 is 19.4 Å². The molecule has 2 aromatic carbocycles. The number of nitrogens with zero attached hydrogens (tertiary/aromatic N) is 2. The summed E-state index contributed by atoms with van der Waals surface area (Å²) in [5.41, 5.74) is 5.82. The SMILES string of the molecule is COc1cc(-c2cc(C(=O)NCCCO)n(C)c2)cc(C(C)NC(=O)c2cc(N3CCNCC3)ccc2C)c1. The van der Waals surface area contributed by atoms with Crippen LogP contribution in [-0.2, 0) is 7.05 Å². The van der Waals surface area contributed by atoms with Crippen molar-refractivity contribution in [3.05, 3.63) is 71.0 Å². The third-order valence-electron chi connectivity index (χ3n) is 7.15. The maximum atomic E-state index is 13.4. The number of aliphatic hydroxyl groups excluding tert-OH is 1. The highest BCUT2D eigenvalue weighted by atomic mass is 16.5. The molecule has 1 atom stereocenters. The summed E-state index contributed by atoms with van der Waals surface area (Å²) in [6.45, 7) is 8.05. The predicted octanol–water partition coefficient (Wildman–Crippen LogP) is 3.02. The molecule has 0 radical (unpaired) electrons. The van der Waals surface area contributed by atoms with E-state index >= 15 is 0 Å². The zero-order chi connectivity index (χ0) is 27.9. The van der Waals surface area contributed by atoms with Gasteiger partial charge in [0.05, 0.1) is 13.2 Å². The smallest absolute Gasteiger partial charge is 0.267 e. The van der Waals surface area contributed by atoms with Crippen LogP contribution in [0.25, 0.3) is 11.1 Å². The third-order valence-corrected chi connectivity index (χ3v) is 7.15. The van der Waals surface area contributed by atoms with Crippen LogP contribution in [0.1, 0.15) is 51.4 Å². The molecule has 0 aliphatic carbocycles. The fourth-order valence-electron chi connectivity index (χ4n) is 4.81. The number of rotatable bonds is 10. The number of benzene rings is 2. The van der Waals surface area contributed by atoms with Crippen molar-refractivity contribution in [1.29, 1.82) is 0 Å². The topological polar surface area (TPSA) is 108 Å². The van der Waals surface area contributed by atoms with Gasteiger partial charge in [-0.3, -0.25) is 9.59 Å². The molecular formula is C30H39N5O4. The third kappa shape index (κ3) is 6.79. The average molecular weight is 534 g/mol. The highest BCUT2D eigenvalue weighted by Gasteiger charge is 2.19. The highest BCUT2D eigenvalue weighted by molar-refractivity contribution is 5.97. The molecule has 208 valence electrons. The van der Waals surface area contributed by atoms with Gasteiger partial charge in [-0.2, -0.15) is 0 Å². The van der Waals surface area contributed by atoms with Crippen LogP contribution in [0.4, 0.5) is 5.69 Å². The van der Waals surface area contributed by atoms with Crippen LogP contribution in [0, 0.1) is 6.92 Å². The first-order chi connectivity index (χ1) is 18.8. The Bertz CT molecular complexity index is 1310. The van der Waals surface area contributed by atoms with Gasteiger partial charge in [-0.1, -0.05) is 6.07 Å². The minimum Gasteiger partial charge on any atom is -0.497 e. The maximum Gasteiger partial charge on any atom is 0.267 e. The number of anilines is 1. The number of carbonyl (C=O) groups is 2. The normalized spacial score (nSPS) is 14.1. The van der Waals surface area contributed by atoms with Crippen LogP contribution >= 0.6 is 0 Å². The second kappa shape index (κ2) is 12.8. The molecule has 1 fully saturated rings. The van der Waals surface area contributed by atoms with Gasteiger partial charge in [0.2, 0.25) is 0 Å². The van der Waals surface area contributed by atoms with Gasteiger partial charge in [0.15, 0.2) is 0 Å². The fraction of sp³-hybridized carbons (Fsp3) is 0.400. The van der Waals surface area contributed by atoms with Gasteiger partial charge >= 0.3 is 0 Å². The summed E-state index contributed by atoms with van der Waals surface area (Å²) in [4.78, 5) is 28.3. The number of hydrogen-bond acceptors (Lipinski definition) is 6. The second-order valence-electron chi connectivity index (χ2n) is 9.98. The van der Waals surface area contributed by atoms with Crippen molar-refractivity contribution in [2.24, 2.45) is 7.05 Å². The number of carbonyl (C=O) groups excluding carboxylic acids is 2. The van der Waals surface area contributed by atoms with Crippen molar-refractivity contribution in [2.75, 3.05) is 51.3 Å². The molecule has 1 aliphatic rings. The van der Waals surface area contributed by atoms with Crippen LogP contribution in [0.3, 0.4) is 0 Å². The molecule has 0 saturated carbocycles. The number of ether oxygens (including phenoxy) is 1. The lowest BCUT2D eigenvalue weighted by Crippen LogP contribution is -2.43. The molecule has 1 aliphatic heterocycles. The van der Waals surface area contributed by atoms with Crippen LogP contribution in [0.5, 0.6) is 5.75 Å². The molecular weight excluding hydrogens is 494 g/mol. The van der Waals surface area contributed by atoms with Crippen molar-refractivity contribution in [2.45, 2.75) is 26.3 Å². The minimum absolute atomic E-state index is 0.0289. The van der Waals surface area contributed by atoms with E-state index in [-0.39, 0.29) is 24.5 Å². The first-order valence-corrected chi connectivity index (χ1v) is 13.4. The maximum absolute atomic E-state index is 13.4. The Morgan fingerprint density at radius 2 is 1.85 bits per heavy atom. The van der Waals surface area contributed by atoms with E-state index in [0.717, 1.165) is 54.1 Å². The van der Waals surface area contributed by atoms with E-state index in [9.17, 15) is 9.59 Å². The largest absolute Gasteiger partial charge is 0.497 e. The molecule has 2 amide bonds. The molecule has 1 saturated heterocycles. The average Bonchev–Trinajstić information content (AvgIpc) is 3.35. The van der Waals surface area contributed by atoms with Gasteiger partial charge in [-0.05, 0) is 73.4 Å². The molecule has 0 spiro atoms. The Balaban J connectivity index is 1.54. The van der Waals surface area contributed by atoms with Gasteiger partial charge in [-0.15, -0.1) is 0 Å². The molecule has 0 bridgehead atoms. The van der Waals surface area contributed by atoms with Crippen molar-refractivity contribution >= 4 is 17.5 Å². The lowest BCUT2D eigenvalue weighted by Gasteiger charge is -2.30. The van der Waals surface area contributed by atoms with Crippen LogP contribution in [0.2, 0.25) is 0 Å². The van der Waals surface area contributed by atoms with Gasteiger partial charge in [0.1, 0.15) is 11.4 Å². The van der Waals surface area contributed by atoms with Gasteiger partial charge in [0, 0.05) is 69.4 Å². The summed E-state index contributed by atoms with van der Waals surface area (Å²) < 4.78 is 7.36. The second-order valence-corrected chi connectivity index (χ2v) is 9.98. The molecule has 3 aromatic rings.